The van der Waals surface area contributed by atoms with E-state index in [0.717, 1.165) is 0 Å². The summed E-state index contributed by atoms with van der Waals surface area (Å²) in [4.78, 5) is 22.6. The zero-order valence-electron chi connectivity index (χ0n) is 22.5. The van der Waals surface area contributed by atoms with Gasteiger partial charge in [0.25, 0.3) is 0 Å². The van der Waals surface area contributed by atoms with Crippen LogP contribution in [-0.2, 0) is 47.4 Å². The van der Waals surface area contributed by atoms with Gasteiger partial charge in [-0.3, -0.25) is 4.79 Å². The molecule has 0 radical (unpaired) electrons. The van der Waals surface area contributed by atoms with E-state index < -0.39 is 11.7 Å². The number of carbonyl (C=O) groups excluding carboxylic acids is 2. The lowest BCUT2D eigenvalue weighted by Crippen LogP contribution is -2.34. The van der Waals surface area contributed by atoms with Crippen LogP contribution in [0.3, 0.4) is 0 Å². The first-order chi connectivity index (χ1) is 17.3. The molecule has 0 heterocycles. The van der Waals surface area contributed by atoms with Crippen LogP contribution < -0.4 is 5.32 Å². The van der Waals surface area contributed by atoms with Crippen molar-refractivity contribution in [2.75, 3.05) is 106 Å². The third-order valence-corrected chi connectivity index (χ3v) is 3.90. The lowest BCUT2D eigenvalue weighted by molar-refractivity contribution is -0.144. The van der Waals surface area contributed by atoms with E-state index >= 15 is 0 Å². The highest BCUT2D eigenvalue weighted by Crippen LogP contribution is 2.06. The Bertz CT molecular complexity index is 515. The first-order valence-corrected chi connectivity index (χ1v) is 12.5. The molecule has 214 valence electrons. The Balaban J connectivity index is 3.13. The number of hydrogen-bond donors (Lipinski definition) is 1. The second-order valence-electron chi connectivity index (χ2n) is 8.27. The van der Waals surface area contributed by atoms with Crippen LogP contribution >= 0.6 is 0 Å². The second-order valence-corrected chi connectivity index (χ2v) is 8.27. The van der Waals surface area contributed by atoms with E-state index in [1.54, 1.807) is 6.92 Å². The molecule has 0 spiro atoms. The minimum Gasteiger partial charge on any atom is -0.466 e. The van der Waals surface area contributed by atoms with Crippen molar-refractivity contribution in [3.05, 3.63) is 0 Å². The Hall–Kier alpha value is -1.54. The van der Waals surface area contributed by atoms with Crippen LogP contribution in [0.5, 0.6) is 0 Å². The maximum atomic E-state index is 11.4. The van der Waals surface area contributed by atoms with Crippen LogP contribution in [0, 0.1) is 0 Å². The molecule has 0 aromatic heterocycles. The van der Waals surface area contributed by atoms with E-state index in [-0.39, 0.29) is 12.4 Å². The lowest BCUT2D eigenvalue weighted by Gasteiger charge is -2.19. The van der Waals surface area contributed by atoms with Crippen LogP contribution in [0.25, 0.3) is 0 Å². The fourth-order valence-electron chi connectivity index (χ4n) is 2.35. The van der Waals surface area contributed by atoms with Gasteiger partial charge in [-0.25, -0.2) is 4.79 Å². The molecule has 36 heavy (non-hydrogen) atoms. The first kappa shape index (κ1) is 34.5. The summed E-state index contributed by atoms with van der Waals surface area (Å²) < 4.78 is 47.6. The fourth-order valence-corrected chi connectivity index (χ4v) is 2.35. The number of alkyl carbamates (subject to hydrolysis) is 1. The summed E-state index contributed by atoms with van der Waals surface area (Å²) in [5.41, 5.74) is -0.509. The summed E-state index contributed by atoms with van der Waals surface area (Å²) in [6.07, 6.45) is -0.200. The molecule has 0 aromatic carbocycles. The summed E-state index contributed by atoms with van der Waals surface area (Å²) in [7, 11) is 0. The molecule has 0 unspecified atom stereocenters. The third kappa shape index (κ3) is 28.7. The Labute approximate surface area is 215 Å². The molecule has 12 nitrogen and oxygen atoms in total. The topological polar surface area (TPSA) is 129 Å². The second kappa shape index (κ2) is 25.1. The van der Waals surface area contributed by atoms with Gasteiger partial charge in [-0.1, -0.05) is 0 Å². The van der Waals surface area contributed by atoms with Gasteiger partial charge < -0.3 is 47.9 Å². The van der Waals surface area contributed by atoms with E-state index in [0.29, 0.717) is 106 Å². The average molecular weight is 526 g/mol. The van der Waals surface area contributed by atoms with E-state index in [4.69, 9.17) is 42.6 Å². The number of hydrogen-bond acceptors (Lipinski definition) is 11. The summed E-state index contributed by atoms with van der Waals surface area (Å²) >= 11 is 0. The maximum Gasteiger partial charge on any atom is 0.407 e. The van der Waals surface area contributed by atoms with Gasteiger partial charge in [0, 0.05) is 6.54 Å². The van der Waals surface area contributed by atoms with Gasteiger partial charge in [0.1, 0.15) is 5.60 Å². The predicted molar refractivity (Wildman–Crippen MR) is 131 cm³/mol. The maximum absolute atomic E-state index is 11.4. The van der Waals surface area contributed by atoms with Gasteiger partial charge in [-0.2, -0.15) is 0 Å². The molecule has 0 aromatic rings. The lowest BCUT2D eigenvalue weighted by atomic mass is 10.2. The van der Waals surface area contributed by atoms with E-state index in [9.17, 15) is 9.59 Å². The smallest absolute Gasteiger partial charge is 0.407 e. The van der Waals surface area contributed by atoms with Crippen LogP contribution in [0.1, 0.15) is 34.1 Å². The van der Waals surface area contributed by atoms with Crippen LogP contribution in [-0.4, -0.2) is 123 Å². The minimum atomic E-state index is -0.509. The summed E-state index contributed by atoms with van der Waals surface area (Å²) in [5, 5.41) is 2.62. The molecule has 1 amide bonds. The minimum absolute atomic E-state index is 0.254. The number of esters is 1. The van der Waals surface area contributed by atoms with Gasteiger partial charge in [-0.05, 0) is 27.7 Å². The number of rotatable bonds is 25. The van der Waals surface area contributed by atoms with Crippen molar-refractivity contribution in [2.24, 2.45) is 0 Å². The molecule has 0 aliphatic carbocycles. The Morgan fingerprint density at radius 1 is 0.583 bits per heavy atom. The predicted octanol–water partition coefficient (Wildman–Crippen LogP) is 1.58. The molecule has 1 N–H and O–H groups in total. The monoisotopic (exact) mass is 525 g/mol. The molecule has 0 saturated heterocycles. The summed E-state index contributed by atoms with van der Waals surface area (Å²) in [6, 6.07) is 0. The molecule has 12 heteroatoms. The summed E-state index contributed by atoms with van der Waals surface area (Å²) in [6.45, 7) is 14.3. The normalized spacial score (nSPS) is 11.4. The quantitative estimate of drug-likeness (QED) is 0.138. The largest absolute Gasteiger partial charge is 0.466 e. The zero-order chi connectivity index (χ0) is 26.7. The molecule has 0 atom stereocenters. The number of carbonyl (C=O) groups is 2. The van der Waals surface area contributed by atoms with Gasteiger partial charge in [0.05, 0.1) is 106 Å². The highest BCUT2D eigenvalue weighted by molar-refractivity contribution is 5.69. The average Bonchev–Trinajstić information content (AvgIpc) is 2.81. The van der Waals surface area contributed by atoms with Gasteiger partial charge in [0.15, 0.2) is 0 Å². The molecular formula is C24H47NO11. The molecule has 0 aliphatic rings. The molecule has 0 bridgehead atoms. The zero-order valence-corrected chi connectivity index (χ0v) is 22.5. The van der Waals surface area contributed by atoms with Crippen molar-refractivity contribution in [3.63, 3.8) is 0 Å². The standard InChI is InChI=1S/C24H47NO11/c1-5-35-22(26)6-8-28-10-12-30-14-16-32-18-20-34-21-19-33-17-15-31-13-11-29-9-7-25-23(27)36-24(2,3)4/h5-21H2,1-4H3,(H,25,27). The number of ether oxygens (including phenoxy) is 9. The van der Waals surface area contributed by atoms with Crippen molar-refractivity contribution in [1.29, 1.82) is 0 Å². The van der Waals surface area contributed by atoms with Crippen molar-refractivity contribution in [1.82, 2.24) is 5.32 Å². The first-order valence-electron chi connectivity index (χ1n) is 12.5. The molecule has 0 fully saturated rings. The Kier molecular flexibility index (Phi) is 24.0. The third-order valence-electron chi connectivity index (χ3n) is 3.90. The summed E-state index contributed by atoms with van der Waals surface area (Å²) in [5.74, 6) is -0.254. The Morgan fingerprint density at radius 3 is 1.31 bits per heavy atom. The van der Waals surface area contributed by atoms with E-state index in [1.165, 1.54) is 0 Å². The molecule has 0 rings (SSSR count). The van der Waals surface area contributed by atoms with Crippen LogP contribution in [0.2, 0.25) is 0 Å². The fraction of sp³-hybridized carbons (Fsp3) is 0.917. The van der Waals surface area contributed by atoms with Crippen molar-refractivity contribution in [3.8, 4) is 0 Å². The van der Waals surface area contributed by atoms with Crippen LogP contribution in [0.4, 0.5) is 4.79 Å². The van der Waals surface area contributed by atoms with E-state index in [1.807, 2.05) is 20.8 Å². The highest BCUT2D eigenvalue weighted by Gasteiger charge is 2.15. The SMILES string of the molecule is CCOC(=O)CCOCCOCCOCCOCCOCCOCCOCCNC(=O)OC(C)(C)C. The Morgan fingerprint density at radius 2 is 0.944 bits per heavy atom. The van der Waals surface area contributed by atoms with Gasteiger partial charge in [0.2, 0.25) is 0 Å². The number of nitrogens with one attached hydrogen (secondary N) is 1. The van der Waals surface area contributed by atoms with Crippen molar-refractivity contribution < 1.29 is 52.2 Å². The van der Waals surface area contributed by atoms with E-state index in [2.05, 4.69) is 5.32 Å². The van der Waals surface area contributed by atoms with Gasteiger partial charge >= 0.3 is 12.1 Å². The molecule has 0 saturated carbocycles. The van der Waals surface area contributed by atoms with Crippen molar-refractivity contribution >= 4 is 12.1 Å². The molecular weight excluding hydrogens is 478 g/mol. The highest BCUT2D eigenvalue weighted by atomic mass is 16.6. The number of amides is 1. The molecule has 0 aliphatic heterocycles. The van der Waals surface area contributed by atoms with Gasteiger partial charge in [-0.15, -0.1) is 0 Å². The van der Waals surface area contributed by atoms with Crippen molar-refractivity contribution in [2.45, 2.75) is 39.7 Å². The van der Waals surface area contributed by atoms with Crippen LogP contribution in [0.15, 0.2) is 0 Å².